The molecule has 0 aromatic heterocycles. The molecular formula is C37H70N4O10S. The number of carbonyl (C=O) groups excluding carboxylic acids is 4. The van der Waals surface area contributed by atoms with Crippen LogP contribution in [-0.2, 0) is 42.9 Å². The average Bonchev–Trinajstić information content (AvgIpc) is 3.11. The summed E-state index contributed by atoms with van der Waals surface area (Å²) in [6.07, 6.45) is 22.7. The Morgan fingerprint density at radius 3 is 1.27 bits per heavy atom. The van der Waals surface area contributed by atoms with Crippen molar-refractivity contribution < 1.29 is 48.0 Å². The van der Waals surface area contributed by atoms with Gasteiger partial charge in [0.2, 0.25) is 23.6 Å². The Labute approximate surface area is 317 Å². The lowest BCUT2D eigenvalue weighted by atomic mass is 10.0. The minimum atomic E-state index is -0.845. The molecule has 0 fully saturated rings. The lowest BCUT2D eigenvalue weighted by molar-refractivity contribution is -0.137. The maximum absolute atomic E-state index is 12.0. The number of ether oxygens (including phenoxy) is 4. The molecule has 0 aliphatic rings. The molecule has 0 radical (unpaired) electrons. The highest BCUT2D eigenvalue weighted by atomic mass is 32.1. The van der Waals surface area contributed by atoms with Crippen LogP contribution >= 0.6 is 12.6 Å². The molecule has 1 atom stereocenters. The van der Waals surface area contributed by atoms with E-state index in [0.29, 0.717) is 39.1 Å². The number of hydrogen-bond acceptors (Lipinski definition) is 10. The number of rotatable bonds is 40. The third-order valence-electron chi connectivity index (χ3n) is 8.25. The molecule has 0 heterocycles. The van der Waals surface area contributed by atoms with E-state index in [1.807, 2.05) is 0 Å². The van der Waals surface area contributed by atoms with Crippen LogP contribution in [0.1, 0.15) is 128 Å². The fraction of sp³-hybridized carbons (Fsp3) is 0.865. The van der Waals surface area contributed by atoms with Gasteiger partial charge in [-0.05, 0) is 12.8 Å². The van der Waals surface area contributed by atoms with E-state index in [1.165, 1.54) is 89.9 Å². The number of nitrogens with two attached hydrogens (primary N) is 1. The van der Waals surface area contributed by atoms with Gasteiger partial charge in [0.05, 0.1) is 39.6 Å². The molecule has 0 spiro atoms. The number of hydrogen-bond donors (Lipinski definition) is 6. The summed E-state index contributed by atoms with van der Waals surface area (Å²) < 4.78 is 21.2. The highest BCUT2D eigenvalue weighted by molar-refractivity contribution is 7.80. The van der Waals surface area contributed by atoms with Crippen LogP contribution < -0.4 is 21.7 Å². The molecule has 14 nitrogen and oxygen atoms in total. The lowest BCUT2D eigenvalue weighted by Crippen LogP contribution is -2.47. The van der Waals surface area contributed by atoms with E-state index >= 15 is 0 Å². The second-order valence-corrected chi connectivity index (χ2v) is 13.4. The molecule has 1 unspecified atom stereocenters. The van der Waals surface area contributed by atoms with Crippen molar-refractivity contribution in [1.82, 2.24) is 16.0 Å². The minimum Gasteiger partial charge on any atom is -0.481 e. The maximum Gasteiger partial charge on any atom is 0.303 e. The van der Waals surface area contributed by atoms with Crippen LogP contribution in [-0.4, -0.2) is 112 Å². The van der Waals surface area contributed by atoms with Gasteiger partial charge in [-0.25, -0.2) is 0 Å². The summed E-state index contributed by atoms with van der Waals surface area (Å²) in [5.41, 5.74) is 5.13. The first kappa shape index (κ1) is 49.5. The van der Waals surface area contributed by atoms with E-state index in [9.17, 15) is 24.0 Å². The summed E-state index contributed by atoms with van der Waals surface area (Å²) in [6.45, 7) is 2.05. The van der Waals surface area contributed by atoms with Gasteiger partial charge in [-0.1, -0.05) is 103 Å². The van der Waals surface area contributed by atoms with Gasteiger partial charge >= 0.3 is 5.97 Å². The highest BCUT2D eigenvalue weighted by Gasteiger charge is 2.15. The van der Waals surface area contributed by atoms with Gasteiger partial charge in [0.1, 0.15) is 19.3 Å². The van der Waals surface area contributed by atoms with Gasteiger partial charge in [0, 0.05) is 31.7 Å². The van der Waals surface area contributed by atoms with E-state index < -0.39 is 23.8 Å². The summed E-state index contributed by atoms with van der Waals surface area (Å²) in [5, 5.41) is 16.6. The van der Waals surface area contributed by atoms with Gasteiger partial charge in [-0.2, -0.15) is 12.6 Å². The molecule has 304 valence electrons. The number of carboxylic acid groups (broad SMARTS) is 1. The second kappa shape index (κ2) is 38.3. The smallest absolute Gasteiger partial charge is 0.303 e. The topological polar surface area (TPSA) is 205 Å². The standard InChI is InChI=1S/C37H70N4O10S/c38-37(47)32(31-52)41-35(44)30-51-28-26-49-24-22-40-34(43)29-50-27-25-48-23-21-39-33(42)19-17-15-13-11-9-7-5-3-1-2-4-6-8-10-12-14-16-18-20-36(45)46/h32,52H,1-31H2,(H2,38,47)(H,39,42)(H,40,43)(H,41,44)(H,45,46). The largest absolute Gasteiger partial charge is 0.481 e. The molecule has 52 heavy (non-hydrogen) atoms. The van der Waals surface area contributed by atoms with Crippen LogP contribution in [0.25, 0.3) is 0 Å². The normalized spacial score (nSPS) is 11.6. The van der Waals surface area contributed by atoms with E-state index in [0.717, 1.165) is 25.7 Å². The summed E-state index contributed by atoms with van der Waals surface area (Å²) in [6, 6.07) is -0.845. The van der Waals surface area contributed by atoms with E-state index in [-0.39, 0.29) is 57.2 Å². The van der Waals surface area contributed by atoms with E-state index in [4.69, 9.17) is 29.8 Å². The highest BCUT2D eigenvalue weighted by Crippen LogP contribution is 2.15. The van der Waals surface area contributed by atoms with Gasteiger partial charge in [-0.3, -0.25) is 24.0 Å². The van der Waals surface area contributed by atoms with Gasteiger partial charge in [0.15, 0.2) is 0 Å². The quantitative estimate of drug-likeness (QED) is 0.0390. The third kappa shape index (κ3) is 37.3. The molecule has 0 aliphatic carbocycles. The molecule has 0 aromatic carbocycles. The summed E-state index contributed by atoms with van der Waals surface area (Å²) in [7, 11) is 0. The Morgan fingerprint density at radius 1 is 0.500 bits per heavy atom. The Bertz CT molecular complexity index is 916. The fourth-order valence-corrected chi connectivity index (χ4v) is 5.54. The summed E-state index contributed by atoms with van der Waals surface area (Å²) >= 11 is 3.94. The van der Waals surface area contributed by atoms with Gasteiger partial charge < -0.3 is 45.7 Å². The van der Waals surface area contributed by atoms with Crippen molar-refractivity contribution >= 4 is 42.2 Å². The van der Waals surface area contributed by atoms with Crippen molar-refractivity contribution in [2.45, 2.75) is 134 Å². The zero-order chi connectivity index (χ0) is 38.3. The van der Waals surface area contributed by atoms with Crippen LogP contribution in [0.15, 0.2) is 0 Å². The molecule has 0 saturated carbocycles. The molecule has 0 aromatic rings. The maximum atomic E-state index is 12.0. The number of nitrogens with one attached hydrogen (secondary N) is 3. The molecule has 6 N–H and O–H groups in total. The lowest BCUT2D eigenvalue weighted by Gasteiger charge is -2.12. The Kier molecular flexibility index (Phi) is 36.5. The molecule has 0 rings (SSSR count). The summed E-state index contributed by atoms with van der Waals surface area (Å²) in [4.78, 5) is 57.0. The van der Waals surface area contributed by atoms with Gasteiger partial charge in [-0.15, -0.1) is 0 Å². The van der Waals surface area contributed by atoms with Crippen molar-refractivity contribution in [2.75, 3.05) is 71.7 Å². The van der Waals surface area contributed by atoms with Crippen molar-refractivity contribution in [1.29, 1.82) is 0 Å². The monoisotopic (exact) mass is 762 g/mol. The van der Waals surface area contributed by atoms with Crippen LogP contribution in [0.2, 0.25) is 0 Å². The SMILES string of the molecule is NC(=O)C(CS)NC(=O)COCCOCCNC(=O)COCCOCCNC(=O)CCCCCCCCCCCCCCCCCCCCC(=O)O. The molecule has 0 aliphatic heterocycles. The number of carboxylic acids is 1. The van der Waals surface area contributed by atoms with E-state index in [2.05, 4.69) is 28.6 Å². The number of aliphatic carboxylic acids is 1. The Balaban J connectivity index is 3.32. The summed E-state index contributed by atoms with van der Waals surface area (Å²) in [5.74, 6) is -1.95. The number of primary amides is 1. The van der Waals surface area contributed by atoms with E-state index in [1.54, 1.807) is 0 Å². The zero-order valence-electron chi connectivity index (χ0n) is 31.6. The number of carbonyl (C=O) groups is 5. The molecule has 15 heteroatoms. The fourth-order valence-electron chi connectivity index (χ4n) is 5.27. The molecular weight excluding hydrogens is 692 g/mol. The minimum absolute atomic E-state index is 0.0491. The van der Waals surface area contributed by atoms with Crippen molar-refractivity contribution in [2.24, 2.45) is 5.73 Å². The zero-order valence-corrected chi connectivity index (χ0v) is 32.5. The third-order valence-corrected chi connectivity index (χ3v) is 8.62. The first-order chi connectivity index (χ1) is 25.3. The first-order valence-electron chi connectivity index (χ1n) is 19.5. The van der Waals surface area contributed by atoms with Crippen LogP contribution in [0.3, 0.4) is 0 Å². The van der Waals surface area contributed by atoms with Crippen LogP contribution in [0, 0.1) is 0 Å². The average molecular weight is 763 g/mol. The number of unbranched alkanes of at least 4 members (excludes halogenated alkanes) is 17. The molecule has 0 bridgehead atoms. The Hall–Kier alpha value is -2.46. The predicted octanol–water partition coefficient (Wildman–Crippen LogP) is 4.07. The van der Waals surface area contributed by atoms with Crippen LogP contribution in [0.4, 0.5) is 0 Å². The number of thiol groups is 1. The number of amides is 4. The van der Waals surface area contributed by atoms with Crippen molar-refractivity contribution in [3.63, 3.8) is 0 Å². The molecule has 4 amide bonds. The predicted molar refractivity (Wildman–Crippen MR) is 204 cm³/mol. The van der Waals surface area contributed by atoms with Crippen molar-refractivity contribution in [3.8, 4) is 0 Å². The first-order valence-corrected chi connectivity index (χ1v) is 20.1. The van der Waals surface area contributed by atoms with Crippen molar-refractivity contribution in [3.05, 3.63) is 0 Å². The van der Waals surface area contributed by atoms with Crippen LogP contribution in [0.5, 0.6) is 0 Å². The Morgan fingerprint density at radius 2 is 0.865 bits per heavy atom. The van der Waals surface area contributed by atoms with Gasteiger partial charge in [0.25, 0.3) is 0 Å². The second-order valence-electron chi connectivity index (χ2n) is 13.0. The molecule has 0 saturated heterocycles.